The highest BCUT2D eigenvalue weighted by Crippen LogP contribution is 2.15. The van der Waals surface area contributed by atoms with Gasteiger partial charge in [0.2, 0.25) is 0 Å². The zero-order valence-electron chi connectivity index (χ0n) is 7.99. The van der Waals surface area contributed by atoms with Crippen molar-refractivity contribution in [1.82, 2.24) is 0 Å². The van der Waals surface area contributed by atoms with Crippen LogP contribution in [0.5, 0.6) is 0 Å². The van der Waals surface area contributed by atoms with Gasteiger partial charge in [-0.25, -0.2) is 4.79 Å². The number of para-hydroxylation sites is 1. The number of rotatable bonds is 4. The van der Waals surface area contributed by atoms with Gasteiger partial charge in [0.1, 0.15) is 0 Å². The lowest BCUT2D eigenvalue weighted by molar-refractivity contribution is 0.134. The molecule has 0 saturated heterocycles. The molecule has 1 aromatic carbocycles. The fourth-order valence-corrected chi connectivity index (χ4v) is 1.10. The van der Waals surface area contributed by atoms with E-state index in [4.69, 9.17) is 9.84 Å². The summed E-state index contributed by atoms with van der Waals surface area (Å²) in [5, 5.41) is 10.9. The van der Waals surface area contributed by atoms with Crippen LogP contribution in [0.4, 0.5) is 10.5 Å². The zero-order valence-corrected chi connectivity index (χ0v) is 7.99. The molecule has 0 atom stereocenters. The van der Waals surface area contributed by atoms with Crippen molar-refractivity contribution in [3.05, 3.63) is 29.8 Å². The largest absolute Gasteiger partial charge is 0.465 e. The third-order valence-electron chi connectivity index (χ3n) is 1.72. The quantitative estimate of drug-likeness (QED) is 0.775. The summed E-state index contributed by atoms with van der Waals surface area (Å²) in [6.07, 6.45) is -1.06. The summed E-state index contributed by atoms with van der Waals surface area (Å²) in [5.41, 5.74) is 1.42. The molecule has 1 amide bonds. The fourth-order valence-electron chi connectivity index (χ4n) is 1.10. The third-order valence-corrected chi connectivity index (χ3v) is 1.72. The number of carbonyl (C=O) groups is 1. The van der Waals surface area contributed by atoms with Crippen molar-refractivity contribution in [1.29, 1.82) is 0 Å². The van der Waals surface area contributed by atoms with Crippen LogP contribution in [-0.4, -0.2) is 17.8 Å². The Morgan fingerprint density at radius 3 is 2.86 bits per heavy atom. The van der Waals surface area contributed by atoms with E-state index < -0.39 is 6.09 Å². The van der Waals surface area contributed by atoms with E-state index in [0.717, 1.165) is 5.56 Å². The topological polar surface area (TPSA) is 58.6 Å². The summed E-state index contributed by atoms with van der Waals surface area (Å²) in [7, 11) is 0. The first-order chi connectivity index (χ1) is 6.74. The predicted octanol–water partition coefficient (Wildman–Crippen LogP) is 2.31. The maximum atomic E-state index is 10.4. The van der Waals surface area contributed by atoms with Crippen LogP contribution in [-0.2, 0) is 11.3 Å². The van der Waals surface area contributed by atoms with Crippen molar-refractivity contribution >= 4 is 11.8 Å². The van der Waals surface area contributed by atoms with Crippen molar-refractivity contribution < 1.29 is 14.6 Å². The first-order valence-electron chi connectivity index (χ1n) is 4.39. The van der Waals surface area contributed by atoms with Gasteiger partial charge in [0.15, 0.2) is 0 Å². The van der Waals surface area contributed by atoms with Crippen LogP contribution in [0.3, 0.4) is 0 Å². The molecule has 0 unspecified atom stereocenters. The molecule has 0 aliphatic carbocycles. The summed E-state index contributed by atoms with van der Waals surface area (Å²) in [6.45, 7) is 2.93. The van der Waals surface area contributed by atoms with E-state index in [0.29, 0.717) is 18.9 Å². The average molecular weight is 195 g/mol. The van der Waals surface area contributed by atoms with E-state index in [9.17, 15) is 4.79 Å². The molecule has 0 fully saturated rings. The zero-order chi connectivity index (χ0) is 10.4. The highest BCUT2D eigenvalue weighted by molar-refractivity contribution is 5.83. The van der Waals surface area contributed by atoms with E-state index in [1.807, 2.05) is 19.1 Å². The third kappa shape index (κ3) is 3.06. The number of ether oxygens (including phenoxy) is 1. The van der Waals surface area contributed by atoms with E-state index in [1.165, 1.54) is 0 Å². The Bertz CT molecular complexity index is 312. The van der Waals surface area contributed by atoms with Gasteiger partial charge in [0.25, 0.3) is 0 Å². The van der Waals surface area contributed by atoms with Gasteiger partial charge in [0, 0.05) is 17.9 Å². The summed E-state index contributed by atoms with van der Waals surface area (Å²) in [6, 6.07) is 7.17. The molecule has 14 heavy (non-hydrogen) atoms. The SMILES string of the molecule is CCOCc1ccccc1NC(=O)O. The fraction of sp³-hybridized carbons (Fsp3) is 0.300. The molecular formula is C10H13NO3. The molecule has 76 valence electrons. The summed E-state index contributed by atoms with van der Waals surface area (Å²) in [4.78, 5) is 10.4. The first kappa shape index (κ1) is 10.5. The lowest BCUT2D eigenvalue weighted by Gasteiger charge is -2.08. The minimum atomic E-state index is -1.06. The van der Waals surface area contributed by atoms with Gasteiger partial charge in [-0.05, 0) is 13.0 Å². The second-order valence-corrected chi connectivity index (χ2v) is 2.72. The molecule has 0 heterocycles. The summed E-state index contributed by atoms with van der Waals surface area (Å²) in [5.74, 6) is 0. The standard InChI is InChI=1S/C10H13NO3/c1-2-14-7-8-5-3-4-6-9(8)11-10(12)13/h3-6,11H,2,7H2,1H3,(H,12,13). The van der Waals surface area contributed by atoms with Crippen LogP contribution >= 0.6 is 0 Å². The van der Waals surface area contributed by atoms with Crippen LogP contribution < -0.4 is 5.32 Å². The molecule has 0 saturated carbocycles. The molecule has 0 aromatic heterocycles. The number of hydrogen-bond donors (Lipinski definition) is 2. The Morgan fingerprint density at radius 2 is 2.21 bits per heavy atom. The normalized spacial score (nSPS) is 9.79. The van der Waals surface area contributed by atoms with Crippen molar-refractivity contribution in [2.75, 3.05) is 11.9 Å². The van der Waals surface area contributed by atoms with E-state index in [1.54, 1.807) is 12.1 Å². The van der Waals surface area contributed by atoms with Gasteiger partial charge >= 0.3 is 6.09 Å². The smallest absolute Gasteiger partial charge is 0.409 e. The van der Waals surface area contributed by atoms with Crippen LogP contribution in [0.15, 0.2) is 24.3 Å². The number of nitrogens with one attached hydrogen (secondary N) is 1. The van der Waals surface area contributed by atoms with Gasteiger partial charge in [-0.2, -0.15) is 0 Å². The highest BCUT2D eigenvalue weighted by atomic mass is 16.5. The average Bonchev–Trinajstić information content (AvgIpc) is 2.16. The van der Waals surface area contributed by atoms with Crippen LogP contribution in [0.1, 0.15) is 12.5 Å². The Hall–Kier alpha value is -1.55. The van der Waals surface area contributed by atoms with Gasteiger partial charge in [-0.1, -0.05) is 18.2 Å². The lowest BCUT2D eigenvalue weighted by atomic mass is 10.2. The van der Waals surface area contributed by atoms with Crippen molar-refractivity contribution in [2.45, 2.75) is 13.5 Å². The molecular weight excluding hydrogens is 182 g/mol. The van der Waals surface area contributed by atoms with Crippen LogP contribution in [0.25, 0.3) is 0 Å². The maximum absolute atomic E-state index is 10.4. The second kappa shape index (κ2) is 5.24. The van der Waals surface area contributed by atoms with Gasteiger partial charge in [0.05, 0.1) is 6.61 Å². The van der Waals surface area contributed by atoms with Crippen molar-refractivity contribution in [2.24, 2.45) is 0 Å². The number of benzene rings is 1. The maximum Gasteiger partial charge on any atom is 0.409 e. The Balaban J connectivity index is 2.74. The Kier molecular flexibility index (Phi) is 3.94. The van der Waals surface area contributed by atoms with Gasteiger partial charge < -0.3 is 9.84 Å². The number of amides is 1. The summed E-state index contributed by atoms with van der Waals surface area (Å²) < 4.78 is 5.21. The van der Waals surface area contributed by atoms with E-state index in [2.05, 4.69) is 5.32 Å². The minimum absolute atomic E-state index is 0.424. The highest BCUT2D eigenvalue weighted by Gasteiger charge is 2.03. The van der Waals surface area contributed by atoms with Gasteiger partial charge in [-0.3, -0.25) is 5.32 Å². The lowest BCUT2D eigenvalue weighted by Crippen LogP contribution is -2.09. The molecule has 1 aromatic rings. The predicted molar refractivity (Wildman–Crippen MR) is 53.4 cm³/mol. The molecule has 1 rings (SSSR count). The number of hydrogen-bond acceptors (Lipinski definition) is 2. The van der Waals surface area contributed by atoms with Crippen LogP contribution in [0.2, 0.25) is 0 Å². The van der Waals surface area contributed by atoms with Crippen molar-refractivity contribution in [3.8, 4) is 0 Å². The molecule has 0 aliphatic rings. The van der Waals surface area contributed by atoms with Gasteiger partial charge in [-0.15, -0.1) is 0 Å². The van der Waals surface area contributed by atoms with E-state index >= 15 is 0 Å². The molecule has 2 N–H and O–H groups in total. The van der Waals surface area contributed by atoms with E-state index in [-0.39, 0.29) is 0 Å². The first-order valence-corrected chi connectivity index (χ1v) is 4.39. The Morgan fingerprint density at radius 1 is 1.50 bits per heavy atom. The summed E-state index contributed by atoms with van der Waals surface area (Å²) >= 11 is 0. The molecule has 0 spiro atoms. The number of anilines is 1. The van der Waals surface area contributed by atoms with Crippen LogP contribution in [0, 0.1) is 0 Å². The molecule has 4 nitrogen and oxygen atoms in total. The number of carboxylic acid groups (broad SMARTS) is 1. The molecule has 4 heteroatoms. The second-order valence-electron chi connectivity index (χ2n) is 2.72. The Labute approximate surface area is 82.5 Å². The molecule has 0 aliphatic heterocycles. The molecule has 0 radical (unpaired) electrons. The molecule has 0 bridgehead atoms. The monoisotopic (exact) mass is 195 g/mol. The minimum Gasteiger partial charge on any atom is -0.465 e. The van der Waals surface area contributed by atoms with Crippen molar-refractivity contribution in [3.63, 3.8) is 0 Å².